The number of hydrogen-bond donors (Lipinski definition) is 1. The summed E-state index contributed by atoms with van der Waals surface area (Å²) in [4.78, 5) is 27.1. The molecule has 2 aliphatic rings. The molecular weight excluding hydrogens is 510 g/mol. The second kappa shape index (κ2) is 12.1. The van der Waals surface area contributed by atoms with E-state index in [1.54, 1.807) is 32.0 Å². The number of rotatable bonds is 9. The molecule has 37 heavy (non-hydrogen) atoms. The van der Waals surface area contributed by atoms with Crippen LogP contribution >= 0.6 is 23.4 Å². The number of Topliss-reactive ketones (excluding diaryl/α,β-unsaturated/α-hetero) is 1. The minimum absolute atomic E-state index is 0.0159. The van der Waals surface area contributed by atoms with Crippen molar-refractivity contribution < 1.29 is 23.8 Å². The summed E-state index contributed by atoms with van der Waals surface area (Å²) in [6.45, 7) is 4.23. The van der Waals surface area contributed by atoms with Gasteiger partial charge in [0.1, 0.15) is 6.61 Å². The lowest BCUT2D eigenvalue weighted by atomic mass is 9.71. The quantitative estimate of drug-likeness (QED) is 0.307. The van der Waals surface area contributed by atoms with Crippen LogP contribution in [0, 0.1) is 0 Å². The largest absolute Gasteiger partial charge is 0.493 e. The van der Waals surface area contributed by atoms with Crippen molar-refractivity contribution in [1.29, 1.82) is 0 Å². The van der Waals surface area contributed by atoms with E-state index in [0.29, 0.717) is 52.8 Å². The van der Waals surface area contributed by atoms with Gasteiger partial charge in [-0.2, -0.15) is 11.8 Å². The van der Waals surface area contributed by atoms with Crippen LogP contribution in [0.5, 0.6) is 11.5 Å². The number of nitrogens with one attached hydrogen (secondary N) is 1. The van der Waals surface area contributed by atoms with Gasteiger partial charge < -0.3 is 19.5 Å². The van der Waals surface area contributed by atoms with Gasteiger partial charge in [-0.05, 0) is 54.3 Å². The molecular formula is C29H32ClNO5S. The number of carbonyl (C=O) groups is 2. The third-order valence-corrected chi connectivity index (χ3v) is 8.02. The summed E-state index contributed by atoms with van der Waals surface area (Å²) < 4.78 is 16.5. The van der Waals surface area contributed by atoms with E-state index in [0.717, 1.165) is 28.3 Å². The Morgan fingerprint density at radius 3 is 2.57 bits per heavy atom. The molecule has 6 nitrogen and oxygen atoms in total. The van der Waals surface area contributed by atoms with Gasteiger partial charge in [0, 0.05) is 40.1 Å². The topological polar surface area (TPSA) is 73.9 Å². The molecule has 0 aromatic heterocycles. The smallest absolute Gasteiger partial charge is 0.336 e. The molecule has 1 aliphatic heterocycles. The third-order valence-electron chi connectivity index (χ3n) is 6.81. The number of methoxy groups -OCH3 is 2. The Hall–Kier alpha value is -2.90. The Morgan fingerprint density at radius 1 is 1.11 bits per heavy atom. The zero-order valence-electron chi connectivity index (χ0n) is 21.6. The molecule has 2 atom stereocenters. The fourth-order valence-electron chi connectivity index (χ4n) is 5.09. The highest BCUT2D eigenvalue weighted by atomic mass is 35.5. The highest BCUT2D eigenvalue weighted by Crippen LogP contribution is 2.47. The van der Waals surface area contributed by atoms with Crippen LogP contribution in [0.4, 0.5) is 0 Å². The number of thioether (sulfide) groups is 1. The van der Waals surface area contributed by atoms with Gasteiger partial charge in [-0.3, -0.25) is 4.79 Å². The number of carbonyl (C=O) groups excluding carboxylic acids is 2. The van der Waals surface area contributed by atoms with Crippen molar-refractivity contribution in [2.75, 3.05) is 32.3 Å². The molecule has 2 unspecified atom stereocenters. The predicted molar refractivity (Wildman–Crippen MR) is 148 cm³/mol. The maximum absolute atomic E-state index is 13.8. The maximum atomic E-state index is 13.8. The number of allylic oxidation sites excluding steroid dienone is 3. The predicted octanol–water partition coefficient (Wildman–Crippen LogP) is 6.02. The third kappa shape index (κ3) is 5.68. The highest BCUT2D eigenvalue weighted by molar-refractivity contribution is 7.99. The van der Waals surface area contributed by atoms with Gasteiger partial charge >= 0.3 is 5.97 Å². The van der Waals surface area contributed by atoms with E-state index in [9.17, 15) is 9.59 Å². The Kier molecular flexibility index (Phi) is 8.87. The Morgan fingerprint density at radius 2 is 1.86 bits per heavy atom. The Bertz CT molecular complexity index is 1250. The summed E-state index contributed by atoms with van der Waals surface area (Å²) in [6, 6.07) is 13.1. The molecule has 4 rings (SSSR count). The monoisotopic (exact) mass is 541 g/mol. The van der Waals surface area contributed by atoms with E-state index < -0.39 is 11.9 Å². The van der Waals surface area contributed by atoms with E-state index in [4.69, 9.17) is 25.8 Å². The van der Waals surface area contributed by atoms with Crippen LogP contribution in [-0.4, -0.2) is 44.1 Å². The highest BCUT2D eigenvalue weighted by Gasteiger charge is 2.42. The van der Waals surface area contributed by atoms with Crippen molar-refractivity contribution in [2.45, 2.75) is 38.5 Å². The van der Waals surface area contributed by atoms with Crippen molar-refractivity contribution in [3.8, 4) is 11.5 Å². The first-order chi connectivity index (χ1) is 17.9. The van der Waals surface area contributed by atoms with Gasteiger partial charge in [0.05, 0.1) is 19.8 Å². The molecule has 0 saturated heterocycles. The molecule has 0 radical (unpaired) electrons. The van der Waals surface area contributed by atoms with Gasteiger partial charge in [-0.1, -0.05) is 42.8 Å². The minimum atomic E-state index is -0.588. The van der Waals surface area contributed by atoms with Crippen molar-refractivity contribution in [3.05, 3.63) is 81.2 Å². The fraction of sp³-hybridized carbons (Fsp3) is 0.379. The second-order valence-electron chi connectivity index (χ2n) is 8.99. The van der Waals surface area contributed by atoms with Crippen LogP contribution in [0.25, 0.3) is 0 Å². The molecule has 1 heterocycles. The molecule has 1 N–H and O–H groups in total. The Labute approximate surface area is 227 Å². The molecule has 0 fully saturated rings. The van der Waals surface area contributed by atoms with Crippen LogP contribution in [0.2, 0.25) is 5.02 Å². The molecule has 2 aromatic carbocycles. The summed E-state index contributed by atoms with van der Waals surface area (Å²) in [5, 5.41) is 3.89. The SMILES string of the molecule is CCSCCOC(=O)C1=C(C)NC2=C(C(=O)CC(c3ccc(OC)c(OC)c3)C2)C1c1ccccc1Cl. The average molecular weight is 542 g/mol. The summed E-state index contributed by atoms with van der Waals surface area (Å²) in [6.07, 6.45) is 0.926. The van der Waals surface area contributed by atoms with E-state index in [2.05, 4.69) is 12.2 Å². The molecule has 0 spiro atoms. The number of dihydropyridines is 1. The molecule has 2 aromatic rings. The van der Waals surface area contributed by atoms with Crippen molar-refractivity contribution >= 4 is 35.1 Å². The summed E-state index contributed by atoms with van der Waals surface area (Å²) in [5.74, 6) is 1.87. The van der Waals surface area contributed by atoms with Crippen LogP contribution in [0.1, 0.15) is 49.7 Å². The number of ether oxygens (including phenoxy) is 3. The van der Waals surface area contributed by atoms with Gasteiger partial charge in [0.25, 0.3) is 0 Å². The molecule has 0 amide bonds. The van der Waals surface area contributed by atoms with Crippen molar-refractivity contribution in [3.63, 3.8) is 0 Å². The average Bonchev–Trinajstić information content (AvgIpc) is 2.90. The van der Waals surface area contributed by atoms with Crippen LogP contribution in [0.15, 0.2) is 65.0 Å². The van der Waals surface area contributed by atoms with Crippen molar-refractivity contribution in [2.24, 2.45) is 0 Å². The van der Waals surface area contributed by atoms with Gasteiger partial charge in [0.2, 0.25) is 0 Å². The van der Waals surface area contributed by atoms with Crippen LogP contribution in [0.3, 0.4) is 0 Å². The molecule has 8 heteroatoms. The van der Waals surface area contributed by atoms with E-state index >= 15 is 0 Å². The second-order valence-corrected chi connectivity index (χ2v) is 10.8. The lowest BCUT2D eigenvalue weighted by Gasteiger charge is -2.37. The zero-order chi connectivity index (χ0) is 26.5. The van der Waals surface area contributed by atoms with E-state index in [1.807, 2.05) is 43.3 Å². The normalized spacial score (nSPS) is 19.3. The van der Waals surface area contributed by atoms with Gasteiger partial charge in [0.15, 0.2) is 17.3 Å². The fourth-order valence-corrected chi connectivity index (χ4v) is 5.82. The minimum Gasteiger partial charge on any atom is -0.493 e. The molecule has 1 aliphatic carbocycles. The number of ketones is 1. The molecule has 196 valence electrons. The maximum Gasteiger partial charge on any atom is 0.336 e. The lowest BCUT2D eigenvalue weighted by Crippen LogP contribution is -2.36. The van der Waals surface area contributed by atoms with Crippen LogP contribution < -0.4 is 14.8 Å². The lowest BCUT2D eigenvalue weighted by molar-refractivity contribution is -0.138. The van der Waals surface area contributed by atoms with Crippen molar-refractivity contribution in [1.82, 2.24) is 5.32 Å². The molecule has 0 saturated carbocycles. The number of hydrogen-bond acceptors (Lipinski definition) is 7. The number of benzene rings is 2. The summed E-state index contributed by atoms with van der Waals surface area (Å²) in [7, 11) is 3.20. The first-order valence-electron chi connectivity index (χ1n) is 12.3. The Balaban J connectivity index is 1.72. The zero-order valence-corrected chi connectivity index (χ0v) is 23.1. The summed E-state index contributed by atoms with van der Waals surface area (Å²) >= 11 is 8.34. The van der Waals surface area contributed by atoms with Crippen LogP contribution in [-0.2, 0) is 14.3 Å². The molecule has 0 bridgehead atoms. The first-order valence-corrected chi connectivity index (χ1v) is 13.9. The van der Waals surface area contributed by atoms with E-state index in [-0.39, 0.29) is 11.7 Å². The summed E-state index contributed by atoms with van der Waals surface area (Å²) in [5.41, 5.74) is 4.24. The standard InChI is InChI=1S/C29H32ClNO5S/c1-5-37-13-12-36-29(33)26-17(2)31-22-14-19(18-10-11-24(34-3)25(16-18)35-4)15-23(32)28(22)27(26)20-8-6-7-9-21(20)30/h6-11,16,19,27,31H,5,12-15H2,1-4H3. The first kappa shape index (κ1) is 27.1. The van der Waals surface area contributed by atoms with Gasteiger partial charge in [-0.25, -0.2) is 4.79 Å². The number of esters is 1. The van der Waals surface area contributed by atoms with E-state index in [1.165, 1.54) is 0 Å². The van der Waals surface area contributed by atoms with Gasteiger partial charge in [-0.15, -0.1) is 0 Å². The number of halogens is 1.